The minimum atomic E-state index is -0.902. The van der Waals surface area contributed by atoms with E-state index in [1.807, 2.05) is 39.8 Å². The van der Waals surface area contributed by atoms with E-state index in [-0.39, 0.29) is 23.2 Å². The molecule has 1 unspecified atom stereocenters. The number of hydrogen-bond acceptors (Lipinski definition) is 5. The topological polar surface area (TPSA) is 87.1 Å². The summed E-state index contributed by atoms with van der Waals surface area (Å²) in [5.74, 6) is -1.12. The summed E-state index contributed by atoms with van der Waals surface area (Å²) in [6.07, 6.45) is -0.0106. The van der Waals surface area contributed by atoms with Crippen molar-refractivity contribution in [2.45, 2.75) is 39.8 Å². The van der Waals surface area contributed by atoms with Crippen LogP contribution in [0.15, 0.2) is 72.3 Å². The Labute approximate surface area is 198 Å². The summed E-state index contributed by atoms with van der Waals surface area (Å²) < 4.78 is 5.78. The molecule has 3 aromatic rings. The van der Waals surface area contributed by atoms with Crippen LogP contribution in [0.3, 0.4) is 0 Å². The standard InChI is InChI=1S/C28H27NO5/c1-16(2)34-23-12-11-20(14-18(23)4)26(31)24-25(19-8-6-10-22(30)15-19)29(28(33)27(24)32)21-9-5-7-17(3)13-21/h5-16,25,30-31H,1-4H3/b26-24-. The number of amides is 1. The molecule has 6 heteroatoms. The van der Waals surface area contributed by atoms with Crippen LogP contribution in [0.5, 0.6) is 11.5 Å². The van der Waals surface area contributed by atoms with Gasteiger partial charge in [-0.25, -0.2) is 0 Å². The highest BCUT2D eigenvalue weighted by Gasteiger charge is 2.47. The molecule has 3 aromatic carbocycles. The maximum atomic E-state index is 13.3. The molecule has 0 bridgehead atoms. The number of hydrogen-bond donors (Lipinski definition) is 2. The zero-order chi connectivity index (χ0) is 24.6. The van der Waals surface area contributed by atoms with Crippen molar-refractivity contribution in [2.75, 3.05) is 4.90 Å². The lowest BCUT2D eigenvalue weighted by Gasteiger charge is -2.26. The van der Waals surface area contributed by atoms with Gasteiger partial charge in [-0.3, -0.25) is 14.5 Å². The van der Waals surface area contributed by atoms with Crippen LogP contribution in [0, 0.1) is 13.8 Å². The molecule has 4 rings (SSSR count). The van der Waals surface area contributed by atoms with Gasteiger partial charge in [0.2, 0.25) is 0 Å². The van der Waals surface area contributed by atoms with Gasteiger partial charge in [-0.1, -0.05) is 24.3 Å². The van der Waals surface area contributed by atoms with E-state index >= 15 is 0 Å². The first-order valence-electron chi connectivity index (χ1n) is 11.1. The smallest absolute Gasteiger partial charge is 0.300 e. The summed E-state index contributed by atoms with van der Waals surface area (Å²) in [5, 5.41) is 21.4. The molecule has 1 heterocycles. The van der Waals surface area contributed by atoms with Gasteiger partial charge in [-0.2, -0.15) is 0 Å². The number of phenolic OH excluding ortho intramolecular Hbond substituents is 1. The molecule has 2 N–H and O–H groups in total. The molecular weight excluding hydrogens is 430 g/mol. The zero-order valence-electron chi connectivity index (χ0n) is 19.6. The highest BCUT2D eigenvalue weighted by atomic mass is 16.5. The van der Waals surface area contributed by atoms with Crippen molar-refractivity contribution in [3.63, 3.8) is 0 Å². The fourth-order valence-corrected chi connectivity index (χ4v) is 4.23. The third kappa shape index (κ3) is 4.27. The Balaban J connectivity index is 1.90. The second-order valence-electron chi connectivity index (χ2n) is 8.75. The Kier molecular flexibility index (Phi) is 6.16. The van der Waals surface area contributed by atoms with Gasteiger partial charge >= 0.3 is 0 Å². The Morgan fingerprint density at radius 3 is 2.35 bits per heavy atom. The molecule has 6 nitrogen and oxygen atoms in total. The highest BCUT2D eigenvalue weighted by molar-refractivity contribution is 6.51. The molecule has 1 atom stereocenters. The lowest BCUT2D eigenvalue weighted by atomic mass is 9.94. The van der Waals surface area contributed by atoms with Crippen molar-refractivity contribution in [2.24, 2.45) is 0 Å². The summed E-state index contributed by atoms with van der Waals surface area (Å²) in [4.78, 5) is 27.9. The first kappa shape index (κ1) is 23.1. The van der Waals surface area contributed by atoms with Crippen molar-refractivity contribution in [3.05, 3.63) is 94.6 Å². The van der Waals surface area contributed by atoms with Crippen molar-refractivity contribution in [3.8, 4) is 11.5 Å². The number of benzene rings is 3. The van der Waals surface area contributed by atoms with E-state index in [2.05, 4.69) is 0 Å². The number of rotatable bonds is 5. The van der Waals surface area contributed by atoms with Crippen LogP contribution < -0.4 is 9.64 Å². The Morgan fingerprint density at radius 2 is 1.71 bits per heavy atom. The van der Waals surface area contributed by atoms with Gasteiger partial charge in [0.25, 0.3) is 11.7 Å². The summed E-state index contributed by atoms with van der Waals surface area (Å²) in [5.41, 5.74) is 3.13. The van der Waals surface area contributed by atoms with E-state index in [1.54, 1.807) is 42.5 Å². The molecule has 1 fully saturated rings. The largest absolute Gasteiger partial charge is 0.508 e. The monoisotopic (exact) mass is 457 g/mol. The van der Waals surface area contributed by atoms with Gasteiger partial charge in [0.15, 0.2) is 0 Å². The molecule has 1 aliphatic heterocycles. The van der Waals surface area contributed by atoms with Crippen LogP contribution in [0.1, 0.15) is 42.1 Å². The summed E-state index contributed by atoms with van der Waals surface area (Å²) >= 11 is 0. The number of aryl methyl sites for hydroxylation is 2. The first-order chi connectivity index (χ1) is 16.2. The number of aliphatic hydroxyl groups excluding tert-OH is 1. The molecule has 0 aromatic heterocycles. The van der Waals surface area contributed by atoms with E-state index in [1.165, 1.54) is 17.0 Å². The maximum absolute atomic E-state index is 13.3. The molecule has 34 heavy (non-hydrogen) atoms. The van der Waals surface area contributed by atoms with E-state index in [4.69, 9.17) is 4.74 Å². The lowest BCUT2D eigenvalue weighted by molar-refractivity contribution is -0.132. The number of phenols is 1. The summed E-state index contributed by atoms with van der Waals surface area (Å²) in [7, 11) is 0. The van der Waals surface area contributed by atoms with Crippen molar-refractivity contribution in [1.29, 1.82) is 0 Å². The number of ketones is 1. The van der Waals surface area contributed by atoms with Crippen molar-refractivity contribution >= 4 is 23.1 Å². The average molecular weight is 458 g/mol. The molecule has 1 aliphatic rings. The van der Waals surface area contributed by atoms with Crippen LogP contribution in [0.4, 0.5) is 5.69 Å². The predicted molar refractivity (Wildman–Crippen MR) is 131 cm³/mol. The van der Waals surface area contributed by atoms with E-state index in [0.717, 1.165) is 11.1 Å². The quantitative estimate of drug-likeness (QED) is 0.303. The molecular formula is C28H27NO5. The number of carbonyl (C=O) groups is 2. The minimum Gasteiger partial charge on any atom is -0.508 e. The molecule has 0 saturated carbocycles. The number of nitrogens with zero attached hydrogens (tertiary/aromatic N) is 1. The van der Waals surface area contributed by atoms with E-state index in [0.29, 0.717) is 22.6 Å². The number of aliphatic hydroxyl groups is 1. The van der Waals surface area contributed by atoms with E-state index < -0.39 is 17.7 Å². The van der Waals surface area contributed by atoms with Gasteiger partial charge < -0.3 is 14.9 Å². The van der Waals surface area contributed by atoms with Gasteiger partial charge in [0.05, 0.1) is 17.7 Å². The summed E-state index contributed by atoms with van der Waals surface area (Å²) in [6, 6.07) is 17.9. The molecule has 174 valence electrons. The number of ether oxygens (including phenoxy) is 1. The highest BCUT2D eigenvalue weighted by Crippen LogP contribution is 2.43. The first-order valence-corrected chi connectivity index (χ1v) is 11.1. The third-order valence-corrected chi connectivity index (χ3v) is 5.72. The van der Waals surface area contributed by atoms with Gasteiger partial charge in [0, 0.05) is 11.3 Å². The zero-order valence-corrected chi connectivity index (χ0v) is 19.6. The Hall–Kier alpha value is -4.06. The lowest BCUT2D eigenvalue weighted by Crippen LogP contribution is -2.29. The number of aromatic hydroxyl groups is 1. The van der Waals surface area contributed by atoms with Crippen LogP contribution in [0.2, 0.25) is 0 Å². The molecule has 0 radical (unpaired) electrons. The van der Waals surface area contributed by atoms with Crippen LogP contribution in [-0.4, -0.2) is 28.0 Å². The van der Waals surface area contributed by atoms with Crippen molar-refractivity contribution in [1.82, 2.24) is 0 Å². The van der Waals surface area contributed by atoms with Gasteiger partial charge in [-0.15, -0.1) is 0 Å². The molecule has 0 spiro atoms. The third-order valence-electron chi connectivity index (χ3n) is 5.72. The Bertz CT molecular complexity index is 1310. The Morgan fingerprint density at radius 1 is 0.971 bits per heavy atom. The second kappa shape index (κ2) is 9.06. The number of carbonyl (C=O) groups excluding carboxylic acids is 2. The average Bonchev–Trinajstić information content (AvgIpc) is 3.05. The van der Waals surface area contributed by atoms with E-state index in [9.17, 15) is 19.8 Å². The number of Topliss-reactive ketones (excluding diaryl/α,β-unsaturated/α-hetero) is 1. The number of anilines is 1. The second-order valence-corrected chi connectivity index (χ2v) is 8.75. The molecule has 1 amide bonds. The maximum Gasteiger partial charge on any atom is 0.300 e. The van der Waals surface area contributed by atoms with Crippen LogP contribution in [0.25, 0.3) is 5.76 Å². The van der Waals surface area contributed by atoms with Crippen molar-refractivity contribution < 1.29 is 24.5 Å². The van der Waals surface area contributed by atoms with Gasteiger partial charge in [-0.05, 0) is 86.8 Å². The predicted octanol–water partition coefficient (Wildman–Crippen LogP) is 5.42. The fraction of sp³-hybridized carbons (Fsp3) is 0.214. The molecule has 0 aliphatic carbocycles. The SMILES string of the molecule is Cc1cccc(N2C(=O)C(=O)/C(=C(\O)c3ccc(OC(C)C)c(C)c3)C2c2cccc(O)c2)c1. The summed E-state index contributed by atoms with van der Waals surface area (Å²) in [6.45, 7) is 7.60. The van der Waals surface area contributed by atoms with Gasteiger partial charge in [0.1, 0.15) is 17.3 Å². The molecule has 1 saturated heterocycles. The minimum absolute atomic E-state index is 0.00152. The van der Waals surface area contributed by atoms with Crippen LogP contribution in [-0.2, 0) is 9.59 Å². The fourth-order valence-electron chi connectivity index (χ4n) is 4.23. The normalized spacial score (nSPS) is 17.4. The van der Waals surface area contributed by atoms with Crippen LogP contribution >= 0.6 is 0 Å².